The molecule has 3 rings (SSSR count). The molecule has 188 valence electrons. The number of benzene rings is 2. The Labute approximate surface area is 209 Å². The van der Waals surface area contributed by atoms with E-state index in [9.17, 15) is 9.59 Å². The lowest BCUT2D eigenvalue weighted by Gasteiger charge is -2.13. The van der Waals surface area contributed by atoms with Crippen molar-refractivity contribution in [1.29, 1.82) is 0 Å². The van der Waals surface area contributed by atoms with Gasteiger partial charge in [-0.3, -0.25) is 9.59 Å². The third kappa shape index (κ3) is 8.34. The van der Waals surface area contributed by atoms with Crippen molar-refractivity contribution < 1.29 is 9.53 Å². The number of ether oxygens (including phenoxy) is 1. The first-order chi connectivity index (χ1) is 17.0. The maximum atomic E-state index is 12.4. The highest BCUT2D eigenvalue weighted by Gasteiger charge is 2.16. The number of aryl methyl sites for hydroxylation is 1. The number of carbonyl (C=O) groups is 1. The zero-order chi connectivity index (χ0) is 25.0. The van der Waals surface area contributed by atoms with E-state index in [2.05, 4.69) is 43.1 Å². The molecule has 3 aromatic rings. The minimum absolute atomic E-state index is 0.0318. The second-order valence-electron chi connectivity index (χ2n) is 9.94. The maximum absolute atomic E-state index is 12.4. The number of unbranched alkanes of at least 4 members (excludes halogenated alkanes) is 6. The van der Waals surface area contributed by atoms with Crippen molar-refractivity contribution in [2.24, 2.45) is 5.92 Å². The summed E-state index contributed by atoms with van der Waals surface area (Å²) >= 11 is 0. The molecule has 5 nitrogen and oxygen atoms in total. The molecule has 0 aliphatic rings. The third-order valence-corrected chi connectivity index (χ3v) is 6.50. The Morgan fingerprint density at radius 2 is 1.54 bits per heavy atom. The second-order valence-corrected chi connectivity index (χ2v) is 9.94. The largest absolute Gasteiger partial charge is 0.465 e. The topological polar surface area (TPSA) is 61.2 Å². The van der Waals surface area contributed by atoms with Crippen LogP contribution in [0.1, 0.15) is 82.8 Å². The van der Waals surface area contributed by atoms with Crippen LogP contribution >= 0.6 is 0 Å². The van der Waals surface area contributed by atoms with Crippen molar-refractivity contribution in [3.05, 3.63) is 76.2 Å². The summed E-state index contributed by atoms with van der Waals surface area (Å²) < 4.78 is 7.35. The first-order valence-corrected chi connectivity index (χ1v) is 13.2. The highest BCUT2D eigenvalue weighted by atomic mass is 16.5. The third-order valence-electron chi connectivity index (χ3n) is 6.50. The van der Waals surface area contributed by atoms with Crippen LogP contribution in [0.15, 0.2) is 59.5 Å². The molecule has 0 amide bonds. The molecule has 35 heavy (non-hydrogen) atoms. The van der Waals surface area contributed by atoms with Crippen molar-refractivity contribution in [3.63, 3.8) is 0 Å². The van der Waals surface area contributed by atoms with Crippen LogP contribution in [0.3, 0.4) is 0 Å². The van der Waals surface area contributed by atoms with Crippen LogP contribution < -0.4 is 5.56 Å². The average Bonchev–Trinajstić information content (AvgIpc) is 2.85. The van der Waals surface area contributed by atoms with Gasteiger partial charge in [0.1, 0.15) is 0 Å². The summed E-state index contributed by atoms with van der Waals surface area (Å²) in [7, 11) is 0. The van der Waals surface area contributed by atoms with Gasteiger partial charge >= 0.3 is 5.97 Å². The summed E-state index contributed by atoms with van der Waals surface area (Å²) in [4.78, 5) is 28.8. The van der Waals surface area contributed by atoms with Gasteiger partial charge in [-0.25, -0.2) is 4.98 Å². The van der Waals surface area contributed by atoms with Crippen LogP contribution in [0.25, 0.3) is 11.0 Å². The van der Waals surface area contributed by atoms with Crippen LogP contribution in [0, 0.1) is 5.92 Å². The Kier molecular flexibility index (Phi) is 10.5. The summed E-state index contributed by atoms with van der Waals surface area (Å²) in [6.07, 6.45) is 10.0. The van der Waals surface area contributed by atoms with Crippen molar-refractivity contribution in [1.82, 2.24) is 9.55 Å². The predicted octanol–water partition coefficient (Wildman–Crippen LogP) is 6.67. The number of fused-ring (bicyclic) bond motifs is 1. The van der Waals surface area contributed by atoms with Crippen molar-refractivity contribution in [3.8, 4) is 0 Å². The summed E-state index contributed by atoms with van der Waals surface area (Å²) in [6.45, 7) is 7.57. The van der Waals surface area contributed by atoms with Crippen LogP contribution in [0.5, 0.6) is 0 Å². The van der Waals surface area contributed by atoms with E-state index in [0.29, 0.717) is 12.5 Å². The van der Waals surface area contributed by atoms with E-state index in [1.165, 1.54) is 18.2 Å². The Bertz CT molecular complexity index is 1120. The van der Waals surface area contributed by atoms with Crippen molar-refractivity contribution in [2.75, 3.05) is 6.61 Å². The van der Waals surface area contributed by atoms with Gasteiger partial charge in [-0.2, -0.15) is 0 Å². The zero-order valence-electron chi connectivity index (χ0n) is 21.5. The van der Waals surface area contributed by atoms with E-state index in [1.807, 2.05) is 35.8 Å². The van der Waals surface area contributed by atoms with Crippen molar-refractivity contribution in [2.45, 2.75) is 84.6 Å². The van der Waals surface area contributed by atoms with E-state index in [0.717, 1.165) is 68.1 Å². The molecular formula is C30H40N2O3. The fraction of sp³-hybridized carbons (Fsp3) is 0.500. The molecule has 0 fully saturated rings. The van der Waals surface area contributed by atoms with E-state index in [1.54, 1.807) is 0 Å². The number of rotatable bonds is 14. The normalized spacial score (nSPS) is 12.2. The fourth-order valence-electron chi connectivity index (χ4n) is 4.45. The molecule has 0 spiro atoms. The minimum Gasteiger partial charge on any atom is -0.465 e. The van der Waals surface area contributed by atoms with Gasteiger partial charge in [0.2, 0.25) is 0 Å². The molecule has 2 aromatic carbocycles. The number of hydrogen-bond donors (Lipinski definition) is 0. The lowest BCUT2D eigenvalue weighted by Crippen LogP contribution is -2.20. The maximum Gasteiger partial charge on any atom is 0.313 e. The molecule has 0 bridgehead atoms. The summed E-state index contributed by atoms with van der Waals surface area (Å²) in [5.41, 5.74) is 4.07. The number of aromatic nitrogens is 2. The molecule has 0 N–H and O–H groups in total. The Morgan fingerprint density at radius 3 is 2.26 bits per heavy atom. The lowest BCUT2D eigenvalue weighted by atomic mass is 9.97. The standard InChI is InChI=1S/C30H40N2O3/c1-23(2)21-25-15-17-26(18-16-25)24(3)30(34)35-20-12-8-6-4-5-7-11-19-32-28-14-10-9-13-27(28)31-22-29(32)33/h9-10,13-18,22-24H,4-8,11-12,19-21H2,1-3H3. The van der Waals surface area contributed by atoms with Gasteiger partial charge in [0.15, 0.2) is 0 Å². The summed E-state index contributed by atoms with van der Waals surface area (Å²) in [5.74, 6) is 0.260. The van der Waals surface area contributed by atoms with Crippen LogP contribution in [-0.2, 0) is 22.5 Å². The molecule has 0 radical (unpaired) electrons. The number of carbonyl (C=O) groups excluding carboxylic acids is 1. The molecular weight excluding hydrogens is 436 g/mol. The van der Waals surface area contributed by atoms with Crippen LogP contribution in [0.4, 0.5) is 0 Å². The van der Waals surface area contributed by atoms with Gasteiger partial charge in [0.25, 0.3) is 5.56 Å². The molecule has 0 saturated heterocycles. The van der Waals surface area contributed by atoms with E-state index >= 15 is 0 Å². The molecule has 0 aliphatic carbocycles. The molecule has 5 heteroatoms. The molecule has 1 aromatic heterocycles. The number of hydrogen-bond acceptors (Lipinski definition) is 4. The zero-order valence-corrected chi connectivity index (χ0v) is 21.5. The first kappa shape index (κ1) is 26.7. The lowest BCUT2D eigenvalue weighted by molar-refractivity contribution is -0.145. The molecule has 1 unspecified atom stereocenters. The van der Waals surface area contributed by atoms with Crippen LogP contribution in [0.2, 0.25) is 0 Å². The van der Waals surface area contributed by atoms with Gasteiger partial charge in [-0.05, 0) is 55.4 Å². The molecule has 0 aliphatic heterocycles. The summed E-state index contributed by atoms with van der Waals surface area (Å²) in [6, 6.07) is 16.1. The highest BCUT2D eigenvalue weighted by molar-refractivity contribution is 5.77. The second kappa shape index (κ2) is 13.8. The Morgan fingerprint density at radius 1 is 0.886 bits per heavy atom. The smallest absolute Gasteiger partial charge is 0.313 e. The van der Waals surface area contributed by atoms with Gasteiger partial charge in [-0.15, -0.1) is 0 Å². The number of nitrogens with zero attached hydrogens (tertiary/aromatic N) is 2. The number of esters is 1. The Hall–Kier alpha value is -2.95. The average molecular weight is 477 g/mol. The first-order valence-electron chi connectivity index (χ1n) is 13.2. The van der Waals surface area contributed by atoms with E-state index < -0.39 is 0 Å². The quantitative estimate of drug-likeness (QED) is 0.192. The molecule has 1 atom stereocenters. The van der Waals surface area contributed by atoms with E-state index in [4.69, 9.17) is 4.74 Å². The predicted molar refractivity (Wildman–Crippen MR) is 143 cm³/mol. The molecule has 1 heterocycles. The van der Waals surface area contributed by atoms with Gasteiger partial charge in [-0.1, -0.05) is 82.3 Å². The van der Waals surface area contributed by atoms with E-state index in [-0.39, 0.29) is 17.4 Å². The van der Waals surface area contributed by atoms with Gasteiger partial charge in [0, 0.05) is 6.54 Å². The number of para-hydroxylation sites is 2. The molecule has 0 saturated carbocycles. The Balaban J connectivity index is 1.25. The SMILES string of the molecule is CC(C)Cc1ccc(C(C)C(=O)OCCCCCCCCCn2c(=O)cnc3ccccc32)cc1. The highest BCUT2D eigenvalue weighted by Crippen LogP contribution is 2.19. The minimum atomic E-state index is -0.229. The van der Waals surface area contributed by atoms with Gasteiger partial charge < -0.3 is 9.30 Å². The van der Waals surface area contributed by atoms with Crippen molar-refractivity contribution >= 4 is 17.0 Å². The monoisotopic (exact) mass is 476 g/mol. The summed E-state index contributed by atoms with van der Waals surface area (Å²) in [5, 5.41) is 0. The van der Waals surface area contributed by atoms with Gasteiger partial charge in [0.05, 0.1) is 29.8 Å². The van der Waals surface area contributed by atoms with Crippen LogP contribution in [-0.4, -0.2) is 22.1 Å². The fourth-order valence-corrected chi connectivity index (χ4v) is 4.45.